The molecule has 79 heavy (non-hydrogen) atoms. The topological polar surface area (TPSA) is 175 Å². The van der Waals surface area contributed by atoms with E-state index >= 15 is 0 Å². The number of hydrogen-bond acceptors (Lipinski definition) is 11. The second-order valence-corrected chi connectivity index (χ2v) is 21.3. The zero-order chi connectivity index (χ0) is 57.5. The number of esters is 3. The Bertz CT molecular complexity index is 1700. The molecule has 0 aromatic rings. The number of carbonyl (C=O) groups is 4. The molecule has 452 valence electrons. The van der Waals surface area contributed by atoms with Crippen molar-refractivity contribution in [2.45, 2.75) is 302 Å². The van der Waals surface area contributed by atoms with Gasteiger partial charge < -0.3 is 39.0 Å². The first-order valence-electron chi connectivity index (χ1n) is 31.6. The van der Waals surface area contributed by atoms with Gasteiger partial charge in [-0.25, -0.2) is 4.79 Å². The summed E-state index contributed by atoms with van der Waals surface area (Å²) in [7, 11) is 0. The number of carboxylic acids is 1. The summed E-state index contributed by atoms with van der Waals surface area (Å²) in [6.45, 7) is 5.82. The monoisotopic (exact) mass is 1110 g/mol. The number of rotatable bonds is 53. The van der Waals surface area contributed by atoms with E-state index < -0.39 is 67.3 Å². The van der Waals surface area contributed by atoms with Crippen molar-refractivity contribution in [1.82, 2.24) is 0 Å². The maximum absolute atomic E-state index is 13.2. The molecule has 3 N–H and O–H groups in total. The Morgan fingerprint density at radius 3 is 1.22 bits per heavy atom. The standard InChI is InChI=1S/C67H112O12/c1-4-7-10-13-16-19-22-25-28-29-30-31-34-35-38-41-44-47-50-53-59(68)75-56-58(77-60(69)54-51-48-45-42-39-36-32-26-23-20-17-14-11-8-5-2)57-76-67-65(63(72)62(71)64(79-67)66(73)74)78-61(70)55-52-49-46-43-40-37-33-27-24-21-18-15-12-9-6-3/h8,11,16-21,25-28,32-33,58,62-65,67,71-72H,4-7,9-10,12-15,22-24,29-31,34-57H2,1-3H3,(H,73,74)/b11-8-,19-16-,20-17-,21-18-,28-25-,32-26-,33-27-. The second-order valence-electron chi connectivity index (χ2n) is 21.3. The van der Waals surface area contributed by atoms with Gasteiger partial charge in [-0.05, 0) is 116 Å². The molecule has 0 amide bonds. The number of unbranched alkanes of at least 4 members (excludes halogenated alkanes) is 25. The Kier molecular flexibility index (Phi) is 50.3. The van der Waals surface area contributed by atoms with Gasteiger partial charge in [-0.1, -0.05) is 215 Å². The van der Waals surface area contributed by atoms with Crippen LogP contribution in [0.5, 0.6) is 0 Å². The molecule has 1 rings (SSSR count). The molecule has 1 heterocycles. The molecule has 6 atom stereocenters. The summed E-state index contributed by atoms with van der Waals surface area (Å²) in [5.74, 6) is -3.16. The lowest BCUT2D eigenvalue weighted by Gasteiger charge is -2.40. The number of aliphatic hydroxyl groups excluding tert-OH is 2. The van der Waals surface area contributed by atoms with E-state index in [2.05, 4.69) is 106 Å². The van der Waals surface area contributed by atoms with Crippen LogP contribution in [0.2, 0.25) is 0 Å². The van der Waals surface area contributed by atoms with Gasteiger partial charge in [-0.15, -0.1) is 0 Å². The summed E-state index contributed by atoms with van der Waals surface area (Å²) in [5, 5.41) is 31.5. The molecule has 0 bridgehead atoms. The lowest BCUT2D eigenvalue weighted by molar-refractivity contribution is -0.301. The summed E-state index contributed by atoms with van der Waals surface area (Å²) < 4.78 is 28.5. The van der Waals surface area contributed by atoms with Gasteiger partial charge in [-0.3, -0.25) is 14.4 Å². The van der Waals surface area contributed by atoms with Crippen molar-refractivity contribution in [2.24, 2.45) is 0 Å². The summed E-state index contributed by atoms with van der Waals surface area (Å²) >= 11 is 0. The molecule has 0 aliphatic carbocycles. The van der Waals surface area contributed by atoms with Gasteiger partial charge in [0.25, 0.3) is 0 Å². The number of allylic oxidation sites excluding steroid dienone is 14. The van der Waals surface area contributed by atoms with Crippen LogP contribution in [-0.4, -0.2) is 89.2 Å². The summed E-state index contributed by atoms with van der Waals surface area (Å²) in [4.78, 5) is 51.3. The zero-order valence-electron chi connectivity index (χ0n) is 49.8. The van der Waals surface area contributed by atoms with E-state index in [0.717, 1.165) is 128 Å². The minimum atomic E-state index is -1.91. The smallest absolute Gasteiger partial charge is 0.335 e. The third-order valence-corrected chi connectivity index (χ3v) is 13.9. The molecule has 0 aromatic heterocycles. The van der Waals surface area contributed by atoms with Crippen LogP contribution in [0.15, 0.2) is 85.1 Å². The molecule has 0 saturated carbocycles. The predicted octanol–water partition coefficient (Wildman–Crippen LogP) is 16.7. The molecule has 12 heteroatoms. The first-order valence-corrected chi connectivity index (χ1v) is 31.6. The molecule has 6 unspecified atom stereocenters. The number of hydrogen-bond donors (Lipinski definition) is 3. The van der Waals surface area contributed by atoms with Gasteiger partial charge in [0.2, 0.25) is 0 Å². The molecule has 12 nitrogen and oxygen atoms in total. The fraction of sp³-hybridized carbons (Fsp3) is 0.731. The Morgan fingerprint density at radius 1 is 0.430 bits per heavy atom. The minimum absolute atomic E-state index is 0.0395. The summed E-state index contributed by atoms with van der Waals surface area (Å²) in [6.07, 6.45) is 58.2. The van der Waals surface area contributed by atoms with Gasteiger partial charge in [0, 0.05) is 19.3 Å². The van der Waals surface area contributed by atoms with Crippen LogP contribution in [0.4, 0.5) is 0 Å². The van der Waals surface area contributed by atoms with Gasteiger partial charge in [-0.2, -0.15) is 0 Å². The number of aliphatic hydroxyl groups is 2. The maximum Gasteiger partial charge on any atom is 0.335 e. The zero-order valence-corrected chi connectivity index (χ0v) is 49.8. The fourth-order valence-electron chi connectivity index (χ4n) is 9.09. The molecule has 1 saturated heterocycles. The van der Waals surface area contributed by atoms with Crippen molar-refractivity contribution in [3.05, 3.63) is 85.1 Å². The average molecular weight is 1110 g/mol. The molecule has 0 spiro atoms. The largest absolute Gasteiger partial charge is 0.479 e. The van der Waals surface area contributed by atoms with E-state index in [1.54, 1.807) is 0 Å². The molecular formula is C67H112O12. The van der Waals surface area contributed by atoms with E-state index in [-0.39, 0.29) is 25.9 Å². The van der Waals surface area contributed by atoms with Crippen LogP contribution in [0.3, 0.4) is 0 Å². The molecule has 0 radical (unpaired) electrons. The van der Waals surface area contributed by atoms with Crippen molar-refractivity contribution in [2.75, 3.05) is 13.2 Å². The predicted molar refractivity (Wildman–Crippen MR) is 321 cm³/mol. The van der Waals surface area contributed by atoms with Gasteiger partial charge >= 0.3 is 23.9 Å². The Labute approximate surface area is 480 Å². The van der Waals surface area contributed by atoms with Crippen LogP contribution >= 0.6 is 0 Å². The molecular weight excluding hydrogens is 997 g/mol. The molecule has 0 aromatic carbocycles. The van der Waals surface area contributed by atoms with Crippen molar-refractivity contribution >= 4 is 23.9 Å². The number of aliphatic carboxylic acids is 1. The van der Waals surface area contributed by atoms with E-state index in [1.165, 1.54) is 77.0 Å². The lowest BCUT2D eigenvalue weighted by atomic mass is 9.98. The highest BCUT2D eigenvalue weighted by Crippen LogP contribution is 2.26. The first kappa shape index (κ1) is 72.9. The molecule has 1 aliphatic rings. The van der Waals surface area contributed by atoms with Crippen LogP contribution < -0.4 is 0 Å². The van der Waals surface area contributed by atoms with Crippen LogP contribution in [-0.2, 0) is 42.9 Å². The molecule has 1 fully saturated rings. The van der Waals surface area contributed by atoms with E-state index in [0.29, 0.717) is 19.3 Å². The minimum Gasteiger partial charge on any atom is -0.479 e. The van der Waals surface area contributed by atoms with Crippen LogP contribution in [0, 0.1) is 0 Å². The van der Waals surface area contributed by atoms with Crippen LogP contribution in [0.25, 0.3) is 0 Å². The highest BCUT2D eigenvalue weighted by atomic mass is 16.7. The summed E-state index contributed by atoms with van der Waals surface area (Å²) in [5.41, 5.74) is 0. The second kappa shape index (κ2) is 54.5. The van der Waals surface area contributed by atoms with Crippen molar-refractivity contribution in [3.8, 4) is 0 Å². The van der Waals surface area contributed by atoms with E-state index in [9.17, 15) is 34.5 Å². The fourth-order valence-corrected chi connectivity index (χ4v) is 9.09. The number of carboxylic acid groups (broad SMARTS) is 1. The van der Waals surface area contributed by atoms with Crippen LogP contribution in [0.1, 0.15) is 265 Å². The van der Waals surface area contributed by atoms with Crippen molar-refractivity contribution in [1.29, 1.82) is 0 Å². The SMILES string of the molecule is CC/C=C\C/C=C\C/C=C\CCCCCCCC(=O)OC(COC(=O)CCCCCCCCCCC/C=C\C/C=C\CCCCC)COC1OC(C(=O)O)C(O)C(O)C1OC(=O)CCCCCCC/C=C\C/C=C\CCCCC. The normalized spacial score (nSPS) is 18.4. The van der Waals surface area contributed by atoms with Gasteiger partial charge in [0.1, 0.15) is 18.8 Å². The molecule has 1 aliphatic heterocycles. The Balaban J connectivity index is 2.68. The van der Waals surface area contributed by atoms with Gasteiger partial charge in [0.05, 0.1) is 6.61 Å². The third-order valence-electron chi connectivity index (χ3n) is 13.9. The van der Waals surface area contributed by atoms with Crippen molar-refractivity contribution < 1.29 is 58.2 Å². The van der Waals surface area contributed by atoms with E-state index in [1.807, 2.05) is 0 Å². The van der Waals surface area contributed by atoms with Crippen molar-refractivity contribution in [3.63, 3.8) is 0 Å². The Hall–Kier alpha value is -4.10. The summed E-state index contributed by atoms with van der Waals surface area (Å²) in [6, 6.07) is 0. The van der Waals surface area contributed by atoms with Gasteiger partial charge in [0.15, 0.2) is 24.6 Å². The van der Waals surface area contributed by atoms with E-state index in [4.69, 9.17) is 23.7 Å². The quantitative estimate of drug-likeness (QED) is 0.0228. The third kappa shape index (κ3) is 44.3. The maximum atomic E-state index is 13.2. The lowest BCUT2D eigenvalue weighted by Crippen LogP contribution is -2.61. The average Bonchev–Trinajstić information content (AvgIpc) is 3.46. The highest BCUT2D eigenvalue weighted by Gasteiger charge is 2.50. The Morgan fingerprint density at radius 2 is 0.797 bits per heavy atom. The first-order chi connectivity index (χ1) is 38.6. The number of carbonyl (C=O) groups excluding carboxylic acids is 3. The highest BCUT2D eigenvalue weighted by molar-refractivity contribution is 5.74. The number of ether oxygens (including phenoxy) is 5.